The number of benzene rings is 1. The molecule has 0 saturated heterocycles. The van der Waals surface area contributed by atoms with Crippen LogP contribution in [0.25, 0.3) is 10.2 Å². The molecule has 19 heavy (non-hydrogen) atoms. The third kappa shape index (κ3) is 4.38. The average molecular weight is 288 g/mol. The zero-order valence-corrected chi connectivity index (χ0v) is 11.3. The van der Waals surface area contributed by atoms with Crippen LogP contribution in [0.4, 0.5) is 18.9 Å². The molecule has 104 valence electrons. The molecule has 0 aliphatic carbocycles. The molecule has 0 aliphatic heterocycles. The van der Waals surface area contributed by atoms with Crippen molar-refractivity contribution in [3.63, 3.8) is 0 Å². The van der Waals surface area contributed by atoms with E-state index in [9.17, 15) is 13.2 Å². The Labute approximate surface area is 113 Å². The maximum absolute atomic E-state index is 12.0. The SMILES string of the molecule is CC(CCCC(F)(F)F)Nc1ccc2ncsc2c1. The van der Waals surface area contributed by atoms with E-state index in [-0.39, 0.29) is 12.5 Å². The number of thiazole rings is 1. The highest BCUT2D eigenvalue weighted by Crippen LogP contribution is 2.25. The number of alkyl halides is 3. The van der Waals surface area contributed by atoms with Crippen LogP contribution in [0.5, 0.6) is 0 Å². The Kier molecular flexibility index (Phi) is 4.29. The molecule has 0 fully saturated rings. The van der Waals surface area contributed by atoms with Crippen LogP contribution >= 0.6 is 11.3 Å². The predicted octanol–water partition coefficient (Wildman–Crippen LogP) is 4.83. The van der Waals surface area contributed by atoms with Gasteiger partial charge in [-0.05, 0) is 38.0 Å². The van der Waals surface area contributed by atoms with Crippen molar-refractivity contribution in [2.24, 2.45) is 0 Å². The standard InChI is InChI=1S/C13H15F3N2S/c1-9(3-2-6-13(14,15)16)18-10-4-5-11-12(7-10)19-8-17-11/h4-5,7-9,18H,2-3,6H2,1H3. The Morgan fingerprint density at radius 2 is 2.16 bits per heavy atom. The molecule has 0 radical (unpaired) electrons. The summed E-state index contributed by atoms with van der Waals surface area (Å²) in [5.41, 5.74) is 3.65. The van der Waals surface area contributed by atoms with Gasteiger partial charge in [0.15, 0.2) is 0 Å². The molecule has 2 rings (SSSR count). The van der Waals surface area contributed by atoms with Crippen molar-refractivity contribution in [2.75, 3.05) is 5.32 Å². The van der Waals surface area contributed by atoms with Crippen molar-refractivity contribution in [3.8, 4) is 0 Å². The lowest BCUT2D eigenvalue weighted by atomic mass is 10.1. The zero-order valence-electron chi connectivity index (χ0n) is 10.5. The second kappa shape index (κ2) is 5.77. The summed E-state index contributed by atoms with van der Waals surface area (Å²) < 4.78 is 37.2. The smallest absolute Gasteiger partial charge is 0.383 e. The molecule has 0 spiro atoms. The van der Waals surface area contributed by atoms with E-state index < -0.39 is 12.6 Å². The van der Waals surface area contributed by atoms with Crippen molar-refractivity contribution in [3.05, 3.63) is 23.7 Å². The highest BCUT2D eigenvalue weighted by Gasteiger charge is 2.26. The largest absolute Gasteiger partial charge is 0.389 e. The number of fused-ring (bicyclic) bond motifs is 1. The van der Waals surface area contributed by atoms with Gasteiger partial charge >= 0.3 is 6.18 Å². The van der Waals surface area contributed by atoms with Crippen molar-refractivity contribution >= 4 is 27.2 Å². The van der Waals surface area contributed by atoms with Crippen molar-refractivity contribution in [1.29, 1.82) is 0 Å². The van der Waals surface area contributed by atoms with E-state index in [1.807, 2.05) is 25.1 Å². The number of nitrogens with zero attached hydrogens (tertiary/aromatic N) is 1. The third-order valence-electron chi connectivity index (χ3n) is 2.84. The van der Waals surface area contributed by atoms with Gasteiger partial charge in [0.05, 0.1) is 15.7 Å². The lowest BCUT2D eigenvalue weighted by molar-refractivity contribution is -0.135. The maximum Gasteiger partial charge on any atom is 0.389 e. The maximum atomic E-state index is 12.0. The first-order chi connectivity index (χ1) is 8.94. The molecule has 1 aromatic carbocycles. The second-order valence-electron chi connectivity index (χ2n) is 4.59. The van der Waals surface area contributed by atoms with Gasteiger partial charge in [-0.1, -0.05) is 0 Å². The van der Waals surface area contributed by atoms with Gasteiger partial charge in [-0.15, -0.1) is 11.3 Å². The molecule has 1 aromatic heterocycles. The van der Waals surface area contributed by atoms with Gasteiger partial charge in [0, 0.05) is 18.2 Å². The monoisotopic (exact) mass is 288 g/mol. The van der Waals surface area contributed by atoms with E-state index in [1.165, 1.54) is 0 Å². The first-order valence-electron chi connectivity index (χ1n) is 6.10. The molecule has 1 heterocycles. The minimum atomic E-state index is -4.05. The molecule has 0 aliphatic rings. The third-order valence-corrected chi connectivity index (χ3v) is 3.63. The molecule has 1 atom stereocenters. The summed E-state index contributed by atoms with van der Waals surface area (Å²) in [5, 5.41) is 3.22. The van der Waals surface area contributed by atoms with E-state index >= 15 is 0 Å². The molecule has 2 nitrogen and oxygen atoms in total. The van der Waals surface area contributed by atoms with Crippen LogP contribution in [0, 0.1) is 0 Å². The lowest BCUT2D eigenvalue weighted by Gasteiger charge is -2.15. The molecule has 1 unspecified atom stereocenters. The summed E-state index contributed by atoms with van der Waals surface area (Å²) in [6.45, 7) is 1.90. The van der Waals surface area contributed by atoms with Gasteiger partial charge in [0.2, 0.25) is 0 Å². The van der Waals surface area contributed by atoms with Crippen molar-refractivity contribution in [1.82, 2.24) is 4.98 Å². The minimum absolute atomic E-state index is 0.0210. The van der Waals surface area contributed by atoms with Crippen LogP contribution in [0.1, 0.15) is 26.2 Å². The summed E-state index contributed by atoms with van der Waals surface area (Å²) in [6, 6.07) is 5.82. The first-order valence-corrected chi connectivity index (χ1v) is 6.98. The van der Waals surface area contributed by atoms with E-state index in [4.69, 9.17) is 0 Å². The Morgan fingerprint density at radius 3 is 2.89 bits per heavy atom. The molecule has 0 amide bonds. The fourth-order valence-corrected chi connectivity index (χ4v) is 2.63. The number of halogens is 3. The number of hydrogen-bond donors (Lipinski definition) is 1. The molecule has 2 aromatic rings. The highest BCUT2D eigenvalue weighted by atomic mass is 32.1. The Bertz CT molecular complexity index is 536. The Hall–Kier alpha value is -1.30. The van der Waals surface area contributed by atoms with E-state index in [0.717, 1.165) is 15.9 Å². The highest BCUT2D eigenvalue weighted by molar-refractivity contribution is 7.16. The van der Waals surface area contributed by atoms with Gasteiger partial charge in [-0.25, -0.2) is 4.98 Å². The van der Waals surface area contributed by atoms with Crippen LogP contribution in [-0.2, 0) is 0 Å². The van der Waals surface area contributed by atoms with E-state index in [2.05, 4.69) is 10.3 Å². The molecule has 0 saturated carbocycles. The fraction of sp³-hybridized carbons (Fsp3) is 0.462. The summed E-state index contributed by atoms with van der Waals surface area (Å²) in [6.07, 6.45) is -4.12. The van der Waals surface area contributed by atoms with Crippen LogP contribution in [-0.4, -0.2) is 17.2 Å². The normalized spacial score (nSPS) is 13.7. The predicted molar refractivity (Wildman–Crippen MR) is 72.6 cm³/mol. The van der Waals surface area contributed by atoms with Crippen LogP contribution in [0.15, 0.2) is 23.7 Å². The van der Waals surface area contributed by atoms with Gasteiger partial charge in [0.25, 0.3) is 0 Å². The van der Waals surface area contributed by atoms with Crippen LogP contribution in [0.2, 0.25) is 0 Å². The van der Waals surface area contributed by atoms with Gasteiger partial charge in [0.1, 0.15) is 0 Å². The molecule has 0 bridgehead atoms. The number of hydrogen-bond acceptors (Lipinski definition) is 3. The van der Waals surface area contributed by atoms with Crippen molar-refractivity contribution in [2.45, 2.75) is 38.4 Å². The van der Waals surface area contributed by atoms with Crippen LogP contribution < -0.4 is 5.32 Å². The average Bonchev–Trinajstić information content (AvgIpc) is 2.74. The second-order valence-corrected chi connectivity index (χ2v) is 5.47. The van der Waals surface area contributed by atoms with Crippen LogP contribution in [0.3, 0.4) is 0 Å². The van der Waals surface area contributed by atoms with Gasteiger partial charge in [-0.3, -0.25) is 0 Å². The lowest BCUT2D eigenvalue weighted by Crippen LogP contribution is -2.16. The summed E-state index contributed by atoms with van der Waals surface area (Å²) >= 11 is 1.55. The van der Waals surface area contributed by atoms with Gasteiger partial charge < -0.3 is 5.32 Å². The molecule has 6 heteroatoms. The van der Waals surface area contributed by atoms with E-state index in [1.54, 1.807) is 16.8 Å². The van der Waals surface area contributed by atoms with Gasteiger partial charge in [-0.2, -0.15) is 13.2 Å². The fourth-order valence-electron chi connectivity index (χ4n) is 1.91. The van der Waals surface area contributed by atoms with E-state index in [0.29, 0.717) is 6.42 Å². The number of aromatic nitrogens is 1. The minimum Gasteiger partial charge on any atom is -0.383 e. The number of nitrogens with one attached hydrogen (secondary N) is 1. The molecular formula is C13H15F3N2S. The number of anilines is 1. The topological polar surface area (TPSA) is 24.9 Å². The zero-order chi connectivity index (χ0) is 13.9. The number of rotatable bonds is 5. The molecular weight excluding hydrogens is 273 g/mol. The Morgan fingerprint density at radius 1 is 1.37 bits per heavy atom. The summed E-state index contributed by atoms with van der Waals surface area (Å²) in [5.74, 6) is 0. The summed E-state index contributed by atoms with van der Waals surface area (Å²) in [4.78, 5) is 4.18. The Balaban J connectivity index is 1.86. The molecule has 1 N–H and O–H groups in total. The first kappa shape index (κ1) is 14.1. The van der Waals surface area contributed by atoms with Crippen molar-refractivity contribution < 1.29 is 13.2 Å². The summed E-state index contributed by atoms with van der Waals surface area (Å²) in [7, 11) is 0. The quantitative estimate of drug-likeness (QED) is 0.852.